The highest BCUT2D eigenvalue weighted by Crippen LogP contribution is 2.42. The summed E-state index contributed by atoms with van der Waals surface area (Å²) in [6.07, 6.45) is 6.95. The highest BCUT2D eigenvalue weighted by atomic mass is 16.4. The first-order valence-corrected chi connectivity index (χ1v) is 17.8. The average Bonchev–Trinajstić information content (AvgIpc) is 3.27. The van der Waals surface area contributed by atoms with Gasteiger partial charge in [-0.25, -0.2) is 63.7 Å². The highest BCUT2D eigenvalue weighted by molar-refractivity contribution is 5.95. The molecule has 0 amide bonds. The van der Waals surface area contributed by atoms with Crippen LogP contribution in [0.5, 0.6) is 0 Å². The minimum Gasteiger partial charge on any atom is -0.478 e. The molecular formula is C41H26N10O12. The van der Waals surface area contributed by atoms with Crippen molar-refractivity contribution in [1.29, 1.82) is 0 Å². The predicted molar refractivity (Wildman–Crippen MR) is 217 cm³/mol. The normalized spacial score (nSPS) is 10.7. The lowest BCUT2D eigenvalue weighted by atomic mass is 10.2. The number of hydrogen-bond donors (Lipinski definition) is 6. The van der Waals surface area contributed by atoms with Crippen LogP contribution in [0, 0.1) is 0 Å². The smallest absolute Gasteiger partial charge is 0.335 e. The van der Waals surface area contributed by atoms with Gasteiger partial charge in [-0.15, -0.1) is 0 Å². The lowest BCUT2D eigenvalue weighted by molar-refractivity contribution is 0.0686. The molecule has 0 aliphatic heterocycles. The fourth-order valence-corrected chi connectivity index (χ4v) is 5.97. The van der Waals surface area contributed by atoms with Crippen molar-refractivity contribution in [2.45, 2.75) is 0 Å². The summed E-state index contributed by atoms with van der Waals surface area (Å²) in [7, 11) is 0. The molecule has 7 rings (SSSR count). The molecule has 22 nitrogen and oxygen atoms in total. The molecule has 0 aliphatic carbocycles. The van der Waals surface area contributed by atoms with Crippen molar-refractivity contribution >= 4 is 88.0 Å². The zero-order valence-electron chi connectivity index (χ0n) is 31.7. The second-order valence-electron chi connectivity index (χ2n) is 12.8. The number of carboxylic acid groups (broad SMARTS) is 6. The van der Waals surface area contributed by atoms with Gasteiger partial charge in [0, 0.05) is 49.3 Å². The number of carboxylic acids is 6. The zero-order valence-corrected chi connectivity index (χ0v) is 31.7. The molecule has 0 aromatic carbocycles. The van der Waals surface area contributed by atoms with E-state index in [0.29, 0.717) is 0 Å². The zero-order chi connectivity index (χ0) is 44.9. The van der Waals surface area contributed by atoms with Gasteiger partial charge in [0.25, 0.3) is 0 Å². The highest BCUT2D eigenvalue weighted by Gasteiger charge is 2.28. The van der Waals surface area contributed by atoms with Crippen molar-refractivity contribution in [3.63, 3.8) is 0 Å². The minimum absolute atomic E-state index is 0.0670. The van der Waals surface area contributed by atoms with Crippen molar-refractivity contribution in [2.75, 3.05) is 14.7 Å². The molecule has 0 aliphatic rings. The van der Waals surface area contributed by atoms with E-state index in [4.69, 9.17) is 4.98 Å². The summed E-state index contributed by atoms with van der Waals surface area (Å²) in [5.74, 6) is -9.75. The van der Waals surface area contributed by atoms with Gasteiger partial charge < -0.3 is 30.6 Å². The van der Waals surface area contributed by atoms with Crippen molar-refractivity contribution in [3.8, 4) is 0 Å². The number of aromatic carboxylic acids is 6. The van der Waals surface area contributed by atoms with E-state index in [9.17, 15) is 59.4 Å². The van der Waals surface area contributed by atoms with E-state index in [2.05, 4.69) is 29.9 Å². The Bertz CT molecular complexity index is 2500. The summed E-state index contributed by atoms with van der Waals surface area (Å²) >= 11 is 0. The van der Waals surface area contributed by atoms with E-state index >= 15 is 0 Å². The molecule has 7 heterocycles. The molecule has 312 valence electrons. The maximum absolute atomic E-state index is 12.3. The van der Waals surface area contributed by atoms with Crippen LogP contribution in [0.1, 0.15) is 62.1 Å². The monoisotopic (exact) mass is 850 g/mol. The Morgan fingerprint density at radius 1 is 0.302 bits per heavy atom. The molecule has 7 aromatic rings. The maximum Gasteiger partial charge on any atom is 0.335 e. The van der Waals surface area contributed by atoms with E-state index in [1.807, 2.05) is 0 Å². The molecule has 6 N–H and O–H groups in total. The number of aromatic nitrogens is 7. The molecule has 0 radical (unpaired) electrons. The quantitative estimate of drug-likeness (QED) is 0.0683. The van der Waals surface area contributed by atoms with Crippen molar-refractivity contribution in [1.82, 2.24) is 34.9 Å². The van der Waals surface area contributed by atoms with Crippen LogP contribution in [0.4, 0.5) is 52.2 Å². The molecule has 0 bridgehead atoms. The molecule has 0 atom stereocenters. The Morgan fingerprint density at radius 3 is 0.714 bits per heavy atom. The first-order valence-electron chi connectivity index (χ1n) is 17.8. The van der Waals surface area contributed by atoms with E-state index < -0.39 is 35.8 Å². The fourth-order valence-electron chi connectivity index (χ4n) is 5.97. The van der Waals surface area contributed by atoms with Crippen LogP contribution in [0.15, 0.2) is 122 Å². The summed E-state index contributed by atoms with van der Waals surface area (Å²) < 4.78 is 0. The SMILES string of the molecule is O=C(O)c1ccnc(N(c2cc(N(c3cc(C(=O)O)ccn3)c3cc(C(=O)O)ccn3)nc(N(c3cc(C(=O)O)ccn3)c3cc(C(=O)O)ccn3)c2)c2cc(C(=O)O)ccn2)c1. The molecule has 7 aromatic heterocycles. The first-order chi connectivity index (χ1) is 30.2. The molecule has 0 saturated heterocycles. The average molecular weight is 851 g/mol. The Balaban J connectivity index is 1.64. The minimum atomic E-state index is -1.37. The third kappa shape index (κ3) is 8.84. The summed E-state index contributed by atoms with van der Waals surface area (Å²) in [6, 6.07) is 16.6. The van der Waals surface area contributed by atoms with Crippen molar-refractivity contribution in [3.05, 3.63) is 155 Å². The summed E-state index contributed by atoms with van der Waals surface area (Å²) in [5, 5.41) is 59.8. The van der Waals surface area contributed by atoms with Crippen LogP contribution < -0.4 is 14.7 Å². The van der Waals surface area contributed by atoms with Gasteiger partial charge in [0.1, 0.15) is 46.5 Å². The summed E-state index contributed by atoms with van der Waals surface area (Å²) in [5.41, 5.74) is -1.67. The third-order valence-corrected chi connectivity index (χ3v) is 8.83. The fraction of sp³-hybridized carbons (Fsp3) is 0. The Hall–Kier alpha value is -9.73. The van der Waals surface area contributed by atoms with E-state index in [1.54, 1.807) is 0 Å². The second kappa shape index (κ2) is 17.2. The van der Waals surface area contributed by atoms with Gasteiger partial charge in [0.15, 0.2) is 0 Å². The standard InChI is InChI=1S/C41H26N10O12/c52-36(53)21-1-7-42-28(13-21)49(29-14-22(37(54)55)2-8-43-29)27-19-34(50(30-15-23(38(56)57)3-9-44-30)31-16-24(39(58)59)4-10-45-31)48-35(20-27)51(32-17-25(40(60)61)5-11-46-32)33-18-26(41(62)63)6-12-47-33/h1-20H,(H,52,53)(H,54,55)(H,56,57)(H,58,59)(H,60,61)(H,62,63). The number of nitrogens with zero attached hydrogens (tertiary/aromatic N) is 10. The van der Waals surface area contributed by atoms with Gasteiger partial charge in [-0.3, -0.25) is 14.7 Å². The van der Waals surface area contributed by atoms with Crippen molar-refractivity contribution < 1.29 is 59.4 Å². The van der Waals surface area contributed by atoms with Crippen molar-refractivity contribution in [2.24, 2.45) is 0 Å². The van der Waals surface area contributed by atoms with Gasteiger partial charge in [-0.05, 0) is 72.8 Å². The third-order valence-electron chi connectivity index (χ3n) is 8.83. The van der Waals surface area contributed by atoms with E-state index in [-0.39, 0.29) is 85.6 Å². The molecule has 0 spiro atoms. The van der Waals surface area contributed by atoms with E-state index in [1.165, 1.54) is 65.8 Å². The largest absolute Gasteiger partial charge is 0.478 e. The van der Waals surface area contributed by atoms with Crippen LogP contribution in [0.3, 0.4) is 0 Å². The van der Waals surface area contributed by atoms with Crippen LogP contribution in [0.25, 0.3) is 0 Å². The van der Waals surface area contributed by atoms with Gasteiger partial charge in [-0.1, -0.05) is 0 Å². The second-order valence-corrected chi connectivity index (χ2v) is 12.8. The summed E-state index contributed by atoms with van der Waals surface area (Å²) in [4.78, 5) is 108. The Labute approximate surface area is 352 Å². The van der Waals surface area contributed by atoms with Crippen LogP contribution in [-0.2, 0) is 0 Å². The topological polar surface area (TPSA) is 324 Å². The predicted octanol–water partition coefficient (Wildman–Crippen LogP) is 6.05. The molecule has 22 heteroatoms. The number of rotatable bonds is 15. The Kier molecular flexibility index (Phi) is 11.3. The summed E-state index contributed by atoms with van der Waals surface area (Å²) in [6.45, 7) is 0. The van der Waals surface area contributed by atoms with Crippen LogP contribution in [-0.4, -0.2) is 101 Å². The number of hydrogen-bond acceptors (Lipinski definition) is 16. The molecule has 0 unspecified atom stereocenters. The lowest BCUT2D eigenvalue weighted by Crippen LogP contribution is -2.21. The molecule has 0 fully saturated rings. The number of carbonyl (C=O) groups is 6. The number of pyridine rings is 7. The molecule has 63 heavy (non-hydrogen) atoms. The van der Waals surface area contributed by atoms with Gasteiger partial charge in [0.05, 0.1) is 39.1 Å². The molecular weight excluding hydrogens is 825 g/mol. The van der Waals surface area contributed by atoms with Gasteiger partial charge in [-0.2, -0.15) is 0 Å². The molecule has 0 saturated carbocycles. The van der Waals surface area contributed by atoms with Crippen LogP contribution >= 0.6 is 0 Å². The Morgan fingerprint density at radius 2 is 0.508 bits per heavy atom. The van der Waals surface area contributed by atoms with E-state index in [0.717, 1.165) is 71.0 Å². The van der Waals surface area contributed by atoms with Crippen LogP contribution in [0.2, 0.25) is 0 Å². The number of anilines is 9. The maximum atomic E-state index is 12.3. The van der Waals surface area contributed by atoms with Gasteiger partial charge in [0.2, 0.25) is 0 Å². The van der Waals surface area contributed by atoms with Gasteiger partial charge >= 0.3 is 35.8 Å². The lowest BCUT2D eigenvalue weighted by Gasteiger charge is -2.30. The first kappa shape index (κ1) is 41.4.